The summed E-state index contributed by atoms with van der Waals surface area (Å²) in [7, 11) is 1.69. The Morgan fingerprint density at radius 3 is 2.61 bits per heavy atom. The van der Waals surface area contributed by atoms with Crippen LogP contribution in [0.3, 0.4) is 0 Å². The van der Waals surface area contributed by atoms with Gasteiger partial charge in [-0.2, -0.15) is 0 Å². The summed E-state index contributed by atoms with van der Waals surface area (Å²) < 4.78 is 12.0. The Bertz CT molecular complexity index is 1340. The Labute approximate surface area is 212 Å². The van der Waals surface area contributed by atoms with Crippen molar-refractivity contribution in [1.82, 2.24) is 10.3 Å². The molecule has 36 heavy (non-hydrogen) atoms. The molecule has 3 aromatic rings. The van der Waals surface area contributed by atoms with Crippen LogP contribution in [0, 0.1) is 0 Å². The SMILES string of the molecule is COc1cc2c(c3c1OC(C)(C)C3)C(c1cccc(C(=O)NCCc3ccncc3)c1)=NC(C)(C)C2. The summed E-state index contributed by atoms with van der Waals surface area (Å²) in [6, 6.07) is 13.8. The van der Waals surface area contributed by atoms with E-state index in [0.717, 1.165) is 58.7 Å². The minimum Gasteiger partial charge on any atom is -0.493 e. The van der Waals surface area contributed by atoms with Crippen molar-refractivity contribution in [2.45, 2.75) is 58.1 Å². The van der Waals surface area contributed by atoms with Crippen molar-refractivity contribution in [3.05, 3.63) is 88.2 Å². The highest BCUT2D eigenvalue weighted by atomic mass is 16.5. The average Bonchev–Trinajstić information content (AvgIpc) is 3.17. The van der Waals surface area contributed by atoms with Crippen LogP contribution in [0.25, 0.3) is 0 Å². The predicted octanol–water partition coefficient (Wildman–Crippen LogP) is 4.95. The van der Waals surface area contributed by atoms with E-state index in [9.17, 15) is 4.79 Å². The number of hydrogen-bond donors (Lipinski definition) is 1. The van der Waals surface area contributed by atoms with Gasteiger partial charge in [-0.1, -0.05) is 12.1 Å². The number of pyridine rings is 1. The fourth-order valence-corrected chi connectivity index (χ4v) is 5.21. The van der Waals surface area contributed by atoms with E-state index in [0.29, 0.717) is 12.1 Å². The van der Waals surface area contributed by atoms with Crippen molar-refractivity contribution in [2.24, 2.45) is 4.99 Å². The molecule has 6 heteroatoms. The number of nitrogens with one attached hydrogen (secondary N) is 1. The van der Waals surface area contributed by atoms with Gasteiger partial charge in [0.2, 0.25) is 0 Å². The predicted molar refractivity (Wildman–Crippen MR) is 142 cm³/mol. The molecule has 2 aromatic carbocycles. The van der Waals surface area contributed by atoms with Crippen LogP contribution >= 0.6 is 0 Å². The molecule has 0 radical (unpaired) electrons. The van der Waals surface area contributed by atoms with Gasteiger partial charge in [0.15, 0.2) is 11.5 Å². The summed E-state index contributed by atoms with van der Waals surface area (Å²) in [5.74, 6) is 1.48. The number of hydrogen-bond acceptors (Lipinski definition) is 5. The van der Waals surface area contributed by atoms with Gasteiger partial charge in [-0.25, -0.2) is 0 Å². The van der Waals surface area contributed by atoms with Gasteiger partial charge < -0.3 is 14.8 Å². The lowest BCUT2D eigenvalue weighted by atomic mass is 9.80. The Balaban J connectivity index is 1.48. The highest BCUT2D eigenvalue weighted by Crippen LogP contribution is 2.47. The number of carbonyl (C=O) groups is 1. The molecule has 1 N–H and O–H groups in total. The van der Waals surface area contributed by atoms with Crippen molar-refractivity contribution in [3.8, 4) is 11.5 Å². The molecule has 0 bridgehead atoms. The summed E-state index contributed by atoms with van der Waals surface area (Å²) in [5, 5.41) is 3.04. The average molecular weight is 484 g/mol. The second kappa shape index (κ2) is 9.08. The zero-order chi connectivity index (χ0) is 25.5. The number of benzene rings is 2. The lowest BCUT2D eigenvalue weighted by molar-refractivity contribution is 0.0954. The lowest BCUT2D eigenvalue weighted by Gasteiger charge is -2.31. The van der Waals surface area contributed by atoms with E-state index < -0.39 is 0 Å². The first-order chi connectivity index (χ1) is 17.2. The number of nitrogens with zero attached hydrogens (tertiary/aromatic N) is 2. The van der Waals surface area contributed by atoms with Crippen LogP contribution in [0.4, 0.5) is 0 Å². The molecule has 0 atom stereocenters. The van der Waals surface area contributed by atoms with E-state index >= 15 is 0 Å². The molecule has 0 spiro atoms. The van der Waals surface area contributed by atoms with Gasteiger partial charge in [-0.05, 0) is 82.0 Å². The summed E-state index contributed by atoms with van der Waals surface area (Å²) in [6.45, 7) is 9.04. The van der Waals surface area contributed by atoms with Crippen LogP contribution in [0.15, 0.2) is 59.9 Å². The molecule has 0 saturated carbocycles. The molecule has 2 aliphatic heterocycles. The van der Waals surface area contributed by atoms with Crippen LogP contribution in [-0.4, -0.2) is 41.4 Å². The van der Waals surface area contributed by atoms with E-state index in [2.05, 4.69) is 44.1 Å². The molecule has 0 aliphatic carbocycles. The van der Waals surface area contributed by atoms with Crippen LogP contribution in [-0.2, 0) is 19.3 Å². The monoisotopic (exact) mass is 483 g/mol. The number of carbonyl (C=O) groups excluding carboxylic acids is 1. The Morgan fingerprint density at radius 2 is 1.86 bits per heavy atom. The zero-order valence-electron chi connectivity index (χ0n) is 21.6. The van der Waals surface area contributed by atoms with Gasteiger partial charge in [0, 0.05) is 47.6 Å². The quantitative estimate of drug-likeness (QED) is 0.539. The normalized spacial score (nSPS) is 16.9. The van der Waals surface area contributed by atoms with Gasteiger partial charge >= 0.3 is 0 Å². The van der Waals surface area contributed by atoms with Crippen LogP contribution in [0.2, 0.25) is 0 Å². The molecule has 186 valence electrons. The van der Waals surface area contributed by atoms with Crippen LogP contribution in [0.5, 0.6) is 11.5 Å². The van der Waals surface area contributed by atoms with E-state index in [1.54, 1.807) is 19.5 Å². The molecule has 0 fully saturated rings. The van der Waals surface area contributed by atoms with E-state index in [4.69, 9.17) is 14.5 Å². The summed E-state index contributed by atoms with van der Waals surface area (Å²) in [4.78, 5) is 22.2. The molecule has 5 rings (SSSR count). The van der Waals surface area contributed by atoms with Gasteiger partial charge in [0.05, 0.1) is 18.4 Å². The number of aliphatic imine (C=N–C) groups is 1. The number of methoxy groups -OCH3 is 1. The third-order valence-corrected chi connectivity index (χ3v) is 6.75. The second-order valence-corrected chi connectivity index (χ2v) is 10.9. The third-order valence-electron chi connectivity index (χ3n) is 6.75. The van der Waals surface area contributed by atoms with Crippen LogP contribution < -0.4 is 14.8 Å². The zero-order valence-corrected chi connectivity index (χ0v) is 21.6. The molecule has 6 nitrogen and oxygen atoms in total. The summed E-state index contributed by atoms with van der Waals surface area (Å²) >= 11 is 0. The van der Waals surface area contributed by atoms with Crippen molar-refractivity contribution in [2.75, 3.05) is 13.7 Å². The fraction of sp³-hybridized carbons (Fsp3) is 0.367. The molecule has 3 heterocycles. The Morgan fingerprint density at radius 1 is 1.08 bits per heavy atom. The standard InChI is InChI=1S/C30H33N3O3/c1-29(2)17-22-16-24(35-5)27-23(18-30(3,4)36-27)25(22)26(33-29)20-7-6-8-21(15-20)28(34)32-14-11-19-9-12-31-13-10-19/h6-10,12-13,15-16H,11,14,17-18H2,1-5H3,(H,32,34). The maximum absolute atomic E-state index is 13.0. The van der Waals surface area contributed by atoms with E-state index in [1.807, 2.05) is 36.4 Å². The number of ether oxygens (including phenoxy) is 2. The first kappa shape index (κ1) is 24.0. The minimum atomic E-state index is -0.320. The van der Waals surface area contributed by atoms with E-state index in [-0.39, 0.29) is 17.0 Å². The molecular weight excluding hydrogens is 450 g/mol. The van der Waals surface area contributed by atoms with Crippen molar-refractivity contribution < 1.29 is 14.3 Å². The van der Waals surface area contributed by atoms with Gasteiger partial charge in [0.25, 0.3) is 5.91 Å². The van der Waals surface area contributed by atoms with E-state index in [1.165, 1.54) is 5.56 Å². The Hall–Kier alpha value is -3.67. The number of fused-ring (bicyclic) bond motifs is 3. The molecular formula is C30H33N3O3. The highest BCUT2D eigenvalue weighted by Gasteiger charge is 2.39. The highest BCUT2D eigenvalue weighted by molar-refractivity contribution is 6.16. The van der Waals surface area contributed by atoms with Crippen molar-refractivity contribution in [3.63, 3.8) is 0 Å². The topological polar surface area (TPSA) is 72.8 Å². The molecule has 1 amide bonds. The summed E-state index contributed by atoms with van der Waals surface area (Å²) in [5.41, 5.74) is 6.46. The second-order valence-electron chi connectivity index (χ2n) is 10.9. The number of aromatic nitrogens is 1. The maximum Gasteiger partial charge on any atom is 0.251 e. The van der Waals surface area contributed by atoms with Gasteiger partial charge in [-0.3, -0.25) is 14.8 Å². The van der Waals surface area contributed by atoms with Crippen molar-refractivity contribution in [1.29, 1.82) is 0 Å². The first-order valence-corrected chi connectivity index (χ1v) is 12.5. The first-order valence-electron chi connectivity index (χ1n) is 12.5. The molecule has 0 unspecified atom stereocenters. The largest absolute Gasteiger partial charge is 0.493 e. The molecule has 1 aromatic heterocycles. The number of rotatable bonds is 6. The maximum atomic E-state index is 13.0. The van der Waals surface area contributed by atoms with Crippen LogP contribution in [0.1, 0.15) is 65.9 Å². The Kier molecular flexibility index (Phi) is 6.07. The molecule has 0 saturated heterocycles. The fourth-order valence-electron chi connectivity index (χ4n) is 5.21. The lowest BCUT2D eigenvalue weighted by Crippen LogP contribution is -2.31. The van der Waals surface area contributed by atoms with Gasteiger partial charge in [0.1, 0.15) is 5.60 Å². The third kappa shape index (κ3) is 4.72. The summed E-state index contributed by atoms with van der Waals surface area (Å²) in [6.07, 6.45) is 5.88. The number of amides is 1. The van der Waals surface area contributed by atoms with Crippen molar-refractivity contribution >= 4 is 11.6 Å². The van der Waals surface area contributed by atoms with Gasteiger partial charge in [-0.15, -0.1) is 0 Å². The molecule has 2 aliphatic rings. The minimum absolute atomic E-state index is 0.0915. The smallest absolute Gasteiger partial charge is 0.251 e.